The van der Waals surface area contributed by atoms with Gasteiger partial charge in [0.25, 0.3) is 0 Å². The normalized spacial score (nSPS) is 43.5. The second kappa shape index (κ2) is 12.6. The van der Waals surface area contributed by atoms with Gasteiger partial charge >= 0.3 is 5.97 Å². The molecule has 7 rings (SSSR count). The number of fused-ring (bicyclic) bond motifs is 3. The summed E-state index contributed by atoms with van der Waals surface area (Å²) in [6.45, 7) is 29.4. The number of nitrogens with one attached hydrogen (secondary N) is 1. The lowest BCUT2D eigenvalue weighted by molar-refractivity contribution is -0.252. The summed E-state index contributed by atoms with van der Waals surface area (Å²) in [6, 6.07) is -0.122. The van der Waals surface area contributed by atoms with Gasteiger partial charge in [-0.3, -0.25) is 9.79 Å². The third kappa shape index (κ3) is 5.55. The molecule has 0 spiro atoms. The van der Waals surface area contributed by atoms with Crippen molar-refractivity contribution in [3.63, 3.8) is 0 Å². The van der Waals surface area contributed by atoms with E-state index in [0.29, 0.717) is 37.6 Å². The molecular weight excluding hydrogens is 665 g/mol. The zero-order valence-corrected chi connectivity index (χ0v) is 34.9. The number of rotatable bonds is 9. The van der Waals surface area contributed by atoms with Gasteiger partial charge in [0.1, 0.15) is 6.33 Å². The number of carbonyl (C=O) groups is 1. The molecule has 10 nitrogen and oxygen atoms in total. The van der Waals surface area contributed by atoms with Gasteiger partial charge in [-0.15, -0.1) is 0 Å². The van der Waals surface area contributed by atoms with E-state index in [1.807, 2.05) is 0 Å². The number of hydrogen-bond acceptors (Lipinski definition) is 8. The highest BCUT2D eigenvalue weighted by atomic mass is 16.5. The lowest BCUT2D eigenvalue weighted by Crippen LogP contribution is -2.69. The molecule has 0 aromatic carbocycles. The molecule has 1 saturated heterocycles. The van der Waals surface area contributed by atoms with E-state index in [1.165, 1.54) is 5.57 Å². The Bertz CT molecular complexity index is 1660. The summed E-state index contributed by atoms with van der Waals surface area (Å²) in [5.41, 5.74) is 6.35. The monoisotopic (exact) mass is 735 g/mol. The SMILES string of the molecule is CC(C)[C@@H](C)[C@@]1(C)CC[C@]2(C)[C@H]3CC[C@@H]4[C@@]5(COC[C@@]4(C)[C@@H](OC[C@](C)(N)C(C)C)[C@H](n4ncnc4C4=NC(C)(C)CN4)C5)C3=CC[C@@]2(C)[C@@H]1C(=O)O. The van der Waals surface area contributed by atoms with E-state index in [4.69, 9.17) is 30.3 Å². The average molecular weight is 735 g/mol. The number of ether oxygens (including phenoxy) is 2. The molecule has 4 fully saturated rings. The topological polar surface area (TPSA) is 137 Å². The first-order valence-electron chi connectivity index (χ1n) is 20.7. The molecule has 0 amide bonds. The van der Waals surface area contributed by atoms with Crippen LogP contribution in [0.25, 0.3) is 0 Å². The standard InChI is InChI=1S/C43H70N6O4/c1-25(2)27(5)38(8)17-18-40(10)28-13-14-31-39(9)21-52-23-43(31,29(28)15-16-41(40,11)32(38)36(50)51)19-30(33(39)53-22-42(12,44)26(3)4)49-35(46-24-47-49)34-45-20-37(6,7)48-34/h15,24-28,30-33H,13-14,16-23,44H2,1-12H3,(H,45,48)(H,50,51)/t27-,28+,30-,31+,32-,33+,38-,39-,40-,41+,42+,43+/m1/s1. The van der Waals surface area contributed by atoms with Crippen molar-refractivity contribution in [1.82, 2.24) is 20.1 Å². The Labute approximate surface area is 318 Å². The second-order valence-electron chi connectivity index (χ2n) is 21.2. The van der Waals surface area contributed by atoms with Crippen LogP contribution in [-0.2, 0) is 14.3 Å². The molecule has 0 unspecified atom stereocenters. The zero-order chi connectivity index (χ0) is 38.7. The number of hydrogen-bond donors (Lipinski definition) is 3. The van der Waals surface area contributed by atoms with Crippen molar-refractivity contribution < 1.29 is 19.4 Å². The van der Waals surface area contributed by atoms with E-state index in [2.05, 4.69) is 99.2 Å². The molecule has 4 N–H and O–H groups in total. The summed E-state index contributed by atoms with van der Waals surface area (Å²) in [4.78, 5) is 23.4. The number of nitrogens with two attached hydrogens (primary N) is 1. The molecule has 0 radical (unpaired) electrons. The van der Waals surface area contributed by atoms with Crippen LogP contribution in [0.1, 0.15) is 133 Å². The minimum absolute atomic E-state index is 0.122. The van der Waals surface area contributed by atoms with E-state index >= 15 is 0 Å². The first-order chi connectivity index (χ1) is 24.6. The number of carboxylic acids is 1. The van der Waals surface area contributed by atoms with E-state index < -0.39 is 17.4 Å². The summed E-state index contributed by atoms with van der Waals surface area (Å²) in [6.07, 6.45) is 9.67. The van der Waals surface area contributed by atoms with E-state index in [9.17, 15) is 9.90 Å². The van der Waals surface area contributed by atoms with Gasteiger partial charge < -0.3 is 25.6 Å². The minimum Gasteiger partial charge on any atom is -0.481 e. The van der Waals surface area contributed by atoms with Crippen molar-refractivity contribution in [3.8, 4) is 0 Å². The molecule has 1 aromatic rings. The Morgan fingerprint density at radius 1 is 1.09 bits per heavy atom. The molecule has 296 valence electrons. The summed E-state index contributed by atoms with van der Waals surface area (Å²) in [5.74, 6) is 2.10. The van der Waals surface area contributed by atoms with Crippen LogP contribution in [0.2, 0.25) is 0 Å². The number of carboxylic acid groups (broad SMARTS) is 1. The predicted octanol–water partition coefficient (Wildman–Crippen LogP) is 7.29. The fourth-order valence-electron chi connectivity index (χ4n) is 13.0. The van der Waals surface area contributed by atoms with Gasteiger partial charge in [0.05, 0.1) is 43.4 Å². The number of aromatic nitrogens is 3. The number of allylic oxidation sites excluding steroid dienone is 1. The Morgan fingerprint density at radius 3 is 2.43 bits per heavy atom. The Hall–Kier alpha value is -2.30. The maximum Gasteiger partial charge on any atom is 0.307 e. The summed E-state index contributed by atoms with van der Waals surface area (Å²) < 4.78 is 16.1. The molecule has 3 saturated carbocycles. The van der Waals surface area contributed by atoms with E-state index in [-0.39, 0.29) is 56.6 Å². The summed E-state index contributed by atoms with van der Waals surface area (Å²) in [7, 11) is 0. The molecule has 12 atom stereocenters. The molecule has 2 bridgehead atoms. The first-order valence-corrected chi connectivity index (χ1v) is 20.7. The number of nitrogens with zero attached hydrogens (tertiary/aromatic N) is 4. The second-order valence-corrected chi connectivity index (χ2v) is 21.2. The van der Waals surface area contributed by atoms with Crippen molar-refractivity contribution in [3.05, 3.63) is 23.8 Å². The molecule has 10 heteroatoms. The molecule has 6 aliphatic rings. The van der Waals surface area contributed by atoms with Gasteiger partial charge in [-0.1, -0.05) is 74.0 Å². The highest BCUT2D eigenvalue weighted by Gasteiger charge is 2.72. The fraction of sp³-hybridized carbons (Fsp3) is 0.860. The van der Waals surface area contributed by atoms with Gasteiger partial charge in [0.15, 0.2) is 11.7 Å². The van der Waals surface area contributed by atoms with Crippen molar-refractivity contribution in [2.75, 3.05) is 26.4 Å². The van der Waals surface area contributed by atoms with Gasteiger partial charge in [-0.2, -0.15) is 5.10 Å². The predicted molar refractivity (Wildman–Crippen MR) is 208 cm³/mol. The Kier molecular flexibility index (Phi) is 9.26. The lowest BCUT2D eigenvalue weighted by atomic mass is 9.34. The van der Waals surface area contributed by atoms with Crippen LogP contribution in [0, 0.1) is 62.6 Å². The quantitative estimate of drug-likeness (QED) is 0.225. The third-order valence-corrected chi connectivity index (χ3v) is 17.2. The van der Waals surface area contributed by atoms with Gasteiger partial charge in [-0.05, 0) is 105 Å². The smallest absolute Gasteiger partial charge is 0.307 e. The molecule has 2 aliphatic heterocycles. The van der Waals surface area contributed by atoms with Gasteiger partial charge in [0, 0.05) is 22.9 Å². The van der Waals surface area contributed by atoms with Crippen LogP contribution >= 0.6 is 0 Å². The molecule has 4 aliphatic carbocycles. The summed E-state index contributed by atoms with van der Waals surface area (Å²) >= 11 is 0. The maximum atomic E-state index is 13.6. The molecule has 1 aromatic heterocycles. The van der Waals surface area contributed by atoms with Crippen molar-refractivity contribution >= 4 is 11.8 Å². The van der Waals surface area contributed by atoms with Gasteiger partial charge in [0.2, 0.25) is 0 Å². The van der Waals surface area contributed by atoms with Crippen molar-refractivity contribution in [1.29, 1.82) is 0 Å². The first kappa shape index (κ1) is 39.0. The van der Waals surface area contributed by atoms with Crippen LogP contribution in [0.4, 0.5) is 0 Å². The number of aliphatic carboxylic acids is 1. The van der Waals surface area contributed by atoms with Crippen LogP contribution < -0.4 is 11.1 Å². The number of aliphatic imine (C=N–C) groups is 1. The number of amidine groups is 1. The summed E-state index contributed by atoms with van der Waals surface area (Å²) in [5, 5.41) is 19.7. The van der Waals surface area contributed by atoms with Crippen LogP contribution in [0.15, 0.2) is 23.0 Å². The van der Waals surface area contributed by atoms with E-state index in [1.54, 1.807) is 6.33 Å². The fourth-order valence-corrected chi connectivity index (χ4v) is 13.0. The van der Waals surface area contributed by atoms with Crippen LogP contribution in [-0.4, -0.2) is 75.2 Å². The van der Waals surface area contributed by atoms with Crippen LogP contribution in [0.5, 0.6) is 0 Å². The maximum absolute atomic E-state index is 13.6. The van der Waals surface area contributed by atoms with Crippen molar-refractivity contribution in [2.24, 2.45) is 73.3 Å². The molecule has 3 heterocycles. The highest BCUT2D eigenvalue weighted by molar-refractivity contribution is 5.97. The zero-order valence-electron chi connectivity index (χ0n) is 34.9. The average Bonchev–Trinajstić information content (AvgIpc) is 3.69. The Morgan fingerprint density at radius 2 is 1.81 bits per heavy atom. The molecular formula is C43H70N6O4. The van der Waals surface area contributed by atoms with Crippen molar-refractivity contribution in [2.45, 2.75) is 145 Å². The van der Waals surface area contributed by atoms with Gasteiger partial charge in [-0.25, -0.2) is 9.67 Å². The Balaban J connectivity index is 1.35. The minimum atomic E-state index is -0.623. The third-order valence-electron chi connectivity index (χ3n) is 17.2. The lowest BCUT2D eigenvalue weighted by Gasteiger charge is -2.71. The molecule has 53 heavy (non-hydrogen) atoms. The van der Waals surface area contributed by atoms with Crippen LogP contribution in [0.3, 0.4) is 0 Å². The van der Waals surface area contributed by atoms with E-state index in [0.717, 1.165) is 56.7 Å². The highest BCUT2D eigenvalue weighted by Crippen LogP contribution is 2.75. The largest absolute Gasteiger partial charge is 0.481 e.